The minimum atomic E-state index is -0.677. The highest BCUT2D eigenvalue weighted by Gasteiger charge is 2.30. The normalized spacial score (nSPS) is 16.2. The number of fused-ring (bicyclic) bond motifs is 1. The fourth-order valence-electron chi connectivity index (χ4n) is 4.13. The minimum Gasteiger partial charge on any atom is -0.466 e. The summed E-state index contributed by atoms with van der Waals surface area (Å²) in [4.78, 5) is 53.2. The Kier molecular flexibility index (Phi) is 6.46. The average Bonchev–Trinajstić information content (AvgIpc) is 3.29. The Balaban J connectivity index is 1.71. The van der Waals surface area contributed by atoms with Crippen LogP contribution in [0.25, 0.3) is 15.9 Å². The van der Waals surface area contributed by atoms with E-state index >= 15 is 0 Å². The number of rotatable bonds is 5. The van der Waals surface area contributed by atoms with Crippen LogP contribution in [0.15, 0.2) is 39.2 Å². The summed E-state index contributed by atoms with van der Waals surface area (Å²) in [5.74, 6) is -1.48. The number of esters is 1. The van der Waals surface area contributed by atoms with E-state index in [-0.39, 0.29) is 37.3 Å². The summed E-state index contributed by atoms with van der Waals surface area (Å²) >= 11 is 1.17. The zero-order valence-corrected chi connectivity index (χ0v) is 19.2. The summed E-state index contributed by atoms with van der Waals surface area (Å²) in [7, 11) is 0. The van der Waals surface area contributed by atoms with Crippen molar-refractivity contribution in [1.82, 2.24) is 14.0 Å². The Morgan fingerprint density at radius 1 is 1.24 bits per heavy atom. The lowest BCUT2D eigenvalue weighted by atomic mass is 9.98. The van der Waals surface area contributed by atoms with Crippen LogP contribution >= 0.6 is 11.3 Å². The molecule has 0 bridgehead atoms. The Hall–Kier alpha value is -3.27. The zero-order valence-electron chi connectivity index (χ0n) is 18.4. The Bertz CT molecular complexity index is 1340. The van der Waals surface area contributed by atoms with Crippen LogP contribution in [0.4, 0.5) is 4.39 Å². The molecule has 33 heavy (non-hydrogen) atoms. The van der Waals surface area contributed by atoms with E-state index in [1.165, 1.54) is 34.1 Å². The number of piperidine rings is 1. The predicted octanol–water partition coefficient (Wildman–Crippen LogP) is 2.46. The monoisotopic (exact) mass is 473 g/mol. The maximum absolute atomic E-state index is 13.8. The van der Waals surface area contributed by atoms with Gasteiger partial charge in [-0.25, -0.2) is 13.8 Å². The van der Waals surface area contributed by atoms with Gasteiger partial charge in [0.15, 0.2) is 0 Å². The number of ether oxygens (including phenoxy) is 1. The third-order valence-corrected chi connectivity index (χ3v) is 6.73. The topological polar surface area (TPSA) is 90.6 Å². The first-order chi connectivity index (χ1) is 15.8. The minimum absolute atomic E-state index is 0.232. The van der Waals surface area contributed by atoms with Crippen molar-refractivity contribution in [3.63, 3.8) is 0 Å². The first kappa shape index (κ1) is 22.9. The van der Waals surface area contributed by atoms with Gasteiger partial charge in [-0.3, -0.25) is 19.0 Å². The number of nitrogens with zero attached hydrogens (tertiary/aromatic N) is 3. The van der Waals surface area contributed by atoms with E-state index < -0.39 is 23.0 Å². The summed E-state index contributed by atoms with van der Waals surface area (Å²) in [6, 6.07) is 5.63. The van der Waals surface area contributed by atoms with Crippen LogP contribution in [-0.2, 0) is 20.9 Å². The van der Waals surface area contributed by atoms with Crippen molar-refractivity contribution >= 4 is 33.4 Å². The Morgan fingerprint density at radius 2 is 2.03 bits per heavy atom. The first-order valence-corrected chi connectivity index (χ1v) is 11.6. The van der Waals surface area contributed by atoms with Crippen LogP contribution < -0.4 is 11.2 Å². The number of carbonyl (C=O) groups excluding carboxylic acids is 2. The number of amides is 1. The molecule has 1 saturated heterocycles. The lowest BCUT2D eigenvalue weighted by Gasteiger charge is -2.31. The molecule has 0 N–H and O–H groups in total. The molecule has 0 saturated carbocycles. The number of hydrogen-bond donors (Lipinski definition) is 0. The number of hydrogen-bond acceptors (Lipinski definition) is 6. The molecule has 0 aliphatic carbocycles. The van der Waals surface area contributed by atoms with E-state index in [4.69, 9.17) is 4.74 Å². The molecular weight excluding hydrogens is 449 g/mol. The SMILES string of the molecule is CCOC(=O)C1CCCN(C(=O)Cn2c(=O)n(-c3ccc(F)c(C)c3)c(=O)c3sccc32)C1. The van der Waals surface area contributed by atoms with Crippen LogP contribution in [0.5, 0.6) is 0 Å². The molecule has 0 spiro atoms. The standard InChI is InChI=1S/C23H24FN3O5S/c1-3-32-22(30)15-5-4-9-25(12-15)19(28)13-26-18-8-10-33-20(18)21(29)27(23(26)31)16-6-7-17(24)14(2)11-16/h6-8,10-11,15H,3-5,9,12-13H2,1-2H3. The van der Waals surface area contributed by atoms with Crippen LogP contribution in [-0.4, -0.2) is 45.6 Å². The fraction of sp³-hybridized carbons (Fsp3) is 0.391. The summed E-state index contributed by atoms with van der Waals surface area (Å²) < 4.78 is 21.4. The van der Waals surface area contributed by atoms with Gasteiger partial charge in [0.1, 0.15) is 17.1 Å². The van der Waals surface area contributed by atoms with Gasteiger partial charge in [-0.15, -0.1) is 11.3 Å². The molecular formula is C23H24FN3O5S. The molecule has 1 fully saturated rings. The fourth-order valence-corrected chi connectivity index (χ4v) is 4.95. The molecule has 1 aliphatic rings. The number of aromatic nitrogens is 2. The molecule has 1 amide bonds. The summed E-state index contributed by atoms with van der Waals surface area (Å²) in [6.45, 7) is 4.00. The lowest BCUT2D eigenvalue weighted by molar-refractivity contribution is -0.151. The van der Waals surface area contributed by atoms with E-state index in [0.717, 1.165) is 4.57 Å². The Labute approximate surface area is 192 Å². The van der Waals surface area contributed by atoms with E-state index in [1.54, 1.807) is 30.2 Å². The van der Waals surface area contributed by atoms with Crippen molar-refractivity contribution in [3.8, 4) is 5.69 Å². The third-order valence-electron chi connectivity index (χ3n) is 5.84. The van der Waals surface area contributed by atoms with Gasteiger partial charge < -0.3 is 9.64 Å². The van der Waals surface area contributed by atoms with E-state index in [1.807, 2.05) is 0 Å². The lowest BCUT2D eigenvalue weighted by Crippen LogP contribution is -2.46. The van der Waals surface area contributed by atoms with Gasteiger partial charge in [-0.05, 0) is 61.9 Å². The quantitative estimate of drug-likeness (QED) is 0.531. The highest BCUT2D eigenvalue weighted by Crippen LogP contribution is 2.20. The third kappa shape index (κ3) is 4.35. The second-order valence-corrected chi connectivity index (χ2v) is 8.92. The summed E-state index contributed by atoms with van der Waals surface area (Å²) in [5, 5.41) is 1.68. The van der Waals surface area contributed by atoms with Gasteiger partial charge in [0.2, 0.25) is 5.91 Å². The van der Waals surface area contributed by atoms with E-state index in [9.17, 15) is 23.6 Å². The van der Waals surface area contributed by atoms with Gasteiger partial charge in [0.05, 0.1) is 23.7 Å². The molecule has 1 aromatic carbocycles. The Morgan fingerprint density at radius 3 is 2.76 bits per heavy atom. The van der Waals surface area contributed by atoms with Crippen molar-refractivity contribution in [1.29, 1.82) is 0 Å². The predicted molar refractivity (Wildman–Crippen MR) is 122 cm³/mol. The van der Waals surface area contributed by atoms with Gasteiger partial charge in [-0.1, -0.05) is 0 Å². The van der Waals surface area contributed by atoms with Crippen molar-refractivity contribution in [2.45, 2.75) is 33.2 Å². The molecule has 2 aromatic heterocycles. The highest BCUT2D eigenvalue weighted by atomic mass is 32.1. The van der Waals surface area contributed by atoms with Crippen LogP contribution in [0, 0.1) is 18.7 Å². The van der Waals surface area contributed by atoms with Gasteiger partial charge in [0.25, 0.3) is 5.56 Å². The number of likely N-dealkylation sites (tertiary alicyclic amines) is 1. The molecule has 1 unspecified atom stereocenters. The molecule has 1 aliphatic heterocycles. The van der Waals surface area contributed by atoms with Crippen molar-refractivity contribution in [2.24, 2.45) is 5.92 Å². The highest BCUT2D eigenvalue weighted by molar-refractivity contribution is 7.17. The molecule has 174 valence electrons. The summed E-state index contributed by atoms with van der Waals surface area (Å²) in [5.41, 5.74) is -0.284. The van der Waals surface area contributed by atoms with E-state index in [2.05, 4.69) is 0 Å². The maximum atomic E-state index is 13.8. The zero-order chi connectivity index (χ0) is 23.7. The smallest absolute Gasteiger partial charge is 0.336 e. The number of carbonyl (C=O) groups is 2. The second kappa shape index (κ2) is 9.30. The van der Waals surface area contributed by atoms with Crippen molar-refractivity contribution in [2.75, 3.05) is 19.7 Å². The molecule has 3 heterocycles. The van der Waals surface area contributed by atoms with Crippen LogP contribution in [0.2, 0.25) is 0 Å². The molecule has 4 rings (SSSR count). The molecule has 10 heteroatoms. The van der Waals surface area contributed by atoms with Crippen LogP contribution in [0.3, 0.4) is 0 Å². The number of aryl methyl sites for hydroxylation is 1. The first-order valence-electron chi connectivity index (χ1n) is 10.8. The van der Waals surface area contributed by atoms with Crippen molar-refractivity contribution in [3.05, 3.63) is 61.9 Å². The molecule has 0 radical (unpaired) electrons. The second-order valence-electron chi connectivity index (χ2n) is 8.01. The van der Waals surface area contributed by atoms with Gasteiger partial charge in [-0.2, -0.15) is 0 Å². The van der Waals surface area contributed by atoms with E-state index in [0.29, 0.717) is 35.2 Å². The number of thiophene rings is 1. The molecule has 3 aromatic rings. The largest absolute Gasteiger partial charge is 0.466 e. The average molecular weight is 474 g/mol. The van der Waals surface area contributed by atoms with Gasteiger partial charge in [0, 0.05) is 13.1 Å². The van der Waals surface area contributed by atoms with Crippen LogP contribution in [0.1, 0.15) is 25.3 Å². The van der Waals surface area contributed by atoms with Gasteiger partial charge >= 0.3 is 11.7 Å². The maximum Gasteiger partial charge on any atom is 0.336 e. The number of benzene rings is 1. The molecule has 1 atom stereocenters. The van der Waals surface area contributed by atoms with Crippen molar-refractivity contribution < 1.29 is 18.7 Å². The molecule has 8 nitrogen and oxygen atoms in total. The number of halogens is 1. The summed E-state index contributed by atoms with van der Waals surface area (Å²) in [6.07, 6.45) is 1.30.